The molecule has 1 saturated heterocycles. The first kappa shape index (κ1) is 27.3. The molecule has 9 heteroatoms. The summed E-state index contributed by atoms with van der Waals surface area (Å²) in [5, 5.41) is 14.9. The number of para-hydroxylation sites is 1. The van der Waals surface area contributed by atoms with Gasteiger partial charge in [0.05, 0.1) is 22.0 Å². The lowest BCUT2D eigenvalue weighted by atomic mass is 10.0. The Kier molecular flexibility index (Phi) is 9.15. The summed E-state index contributed by atoms with van der Waals surface area (Å²) in [4.78, 5) is 37.3. The average molecular weight is 531 g/mol. The van der Waals surface area contributed by atoms with Crippen LogP contribution in [0.2, 0.25) is 0 Å². The van der Waals surface area contributed by atoms with Gasteiger partial charge in [-0.05, 0) is 63.1 Å². The number of benzene rings is 2. The Morgan fingerprint density at radius 3 is 2.63 bits per heavy atom. The molecular formula is C29H34N6O2S. The molecule has 0 radical (unpaired) electrons. The van der Waals surface area contributed by atoms with E-state index in [-0.39, 0.29) is 17.3 Å². The van der Waals surface area contributed by atoms with Crippen molar-refractivity contribution >= 4 is 49.9 Å². The topological polar surface area (TPSA) is 111 Å². The van der Waals surface area contributed by atoms with Crippen LogP contribution in [0.3, 0.4) is 0 Å². The fourth-order valence-corrected chi connectivity index (χ4v) is 5.06. The Labute approximate surface area is 227 Å². The Morgan fingerprint density at radius 2 is 1.92 bits per heavy atom. The number of nitrogens with zero attached hydrogens (tertiary/aromatic N) is 3. The molecule has 2 aromatic carbocycles. The Balaban J connectivity index is 1.60. The molecule has 8 nitrogen and oxygen atoms in total. The van der Waals surface area contributed by atoms with Gasteiger partial charge < -0.3 is 15.6 Å². The number of hydrogen-bond acceptors (Lipinski definition) is 7. The van der Waals surface area contributed by atoms with Crippen molar-refractivity contribution in [2.75, 3.05) is 31.5 Å². The molecule has 1 aliphatic heterocycles. The molecule has 1 fully saturated rings. The maximum atomic E-state index is 13.2. The van der Waals surface area contributed by atoms with E-state index in [4.69, 9.17) is 10.4 Å². The number of aromatic nitrogens is 1. The lowest BCUT2D eigenvalue weighted by molar-refractivity contribution is -0.110. The Bertz CT molecular complexity index is 1330. The molecular weight excluding hydrogens is 496 g/mol. The second kappa shape index (κ2) is 12.7. The van der Waals surface area contributed by atoms with Crippen LogP contribution in [-0.2, 0) is 4.79 Å². The Hall–Kier alpha value is -3.69. The molecule has 3 N–H and O–H groups in total. The van der Waals surface area contributed by atoms with Gasteiger partial charge in [0.1, 0.15) is 5.71 Å². The standard InChI is InChI=1S/C29H34N6O2S/c1-4-19(2)18-24(21-10-12-22(13-11-21)28(37)35-16-7-14-31-15-17-35)32-26(20(3)30)27(36)34-29-33-23-8-5-6-9-25(23)38-29/h5-6,8-13,18,24,30-31H,4,7,14-17H2,1-3H3,(H,33,34,36). The molecule has 198 valence electrons. The molecule has 1 atom stereocenters. The number of allylic oxidation sites excluding steroid dienone is 1. The zero-order chi connectivity index (χ0) is 27.1. The number of thiazole rings is 1. The normalized spacial score (nSPS) is 15.7. The average Bonchev–Trinajstić information content (AvgIpc) is 3.13. The minimum atomic E-state index is -0.474. The second-order valence-corrected chi connectivity index (χ2v) is 10.4. The summed E-state index contributed by atoms with van der Waals surface area (Å²) in [7, 11) is 0. The number of amides is 2. The lowest BCUT2D eigenvalue weighted by Crippen LogP contribution is -2.34. The second-order valence-electron chi connectivity index (χ2n) is 9.37. The number of rotatable bonds is 8. The van der Waals surface area contributed by atoms with Crippen LogP contribution in [0, 0.1) is 5.41 Å². The van der Waals surface area contributed by atoms with E-state index >= 15 is 0 Å². The van der Waals surface area contributed by atoms with E-state index in [0.29, 0.717) is 17.2 Å². The van der Waals surface area contributed by atoms with Crippen LogP contribution in [0.25, 0.3) is 10.2 Å². The molecule has 0 saturated carbocycles. The number of carbonyl (C=O) groups is 2. The quantitative estimate of drug-likeness (QED) is 0.273. The van der Waals surface area contributed by atoms with Crippen LogP contribution in [0.15, 0.2) is 65.2 Å². The van der Waals surface area contributed by atoms with Gasteiger partial charge in [-0.1, -0.05) is 54.2 Å². The van der Waals surface area contributed by atoms with E-state index < -0.39 is 11.9 Å². The van der Waals surface area contributed by atoms with Crippen molar-refractivity contribution in [2.45, 2.75) is 39.7 Å². The van der Waals surface area contributed by atoms with Gasteiger partial charge in [-0.3, -0.25) is 19.9 Å². The monoisotopic (exact) mass is 530 g/mol. The van der Waals surface area contributed by atoms with E-state index in [1.54, 1.807) is 6.92 Å². The molecule has 2 heterocycles. The van der Waals surface area contributed by atoms with Gasteiger partial charge in [-0.25, -0.2) is 4.98 Å². The predicted molar refractivity (Wildman–Crippen MR) is 156 cm³/mol. The summed E-state index contributed by atoms with van der Waals surface area (Å²) in [5.74, 6) is -0.447. The number of anilines is 1. The smallest absolute Gasteiger partial charge is 0.277 e. The summed E-state index contributed by atoms with van der Waals surface area (Å²) >= 11 is 1.38. The van der Waals surface area contributed by atoms with Gasteiger partial charge in [-0.15, -0.1) is 0 Å². The van der Waals surface area contributed by atoms with Crippen molar-refractivity contribution in [1.29, 1.82) is 5.41 Å². The first-order chi connectivity index (χ1) is 18.4. The summed E-state index contributed by atoms with van der Waals surface area (Å²) in [6.45, 7) is 8.79. The molecule has 0 spiro atoms. The Morgan fingerprint density at radius 1 is 1.16 bits per heavy atom. The van der Waals surface area contributed by atoms with Gasteiger partial charge in [0.2, 0.25) is 0 Å². The van der Waals surface area contributed by atoms with E-state index in [9.17, 15) is 9.59 Å². The van der Waals surface area contributed by atoms with Crippen LogP contribution < -0.4 is 10.6 Å². The summed E-state index contributed by atoms with van der Waals surface area (Å²) in [6, 6.07) is 14.6. The third kappa shape index (κ3) is 6.79. The molecule has 3 aromatic rings. The van der Waals surface area contributed by atoms with Gasteiger partial charge in [0, 0.05) is 25.2 Å². The third-order valence-corrected chi connectivity index (χ3v) is 7.43. The van der Waals surface area contributed by atoms with Crippen LogP contribution in [0.1, 0.15) is 55.6 Å². The summed E-state index contributed by atoms with van der Waals surface area (Å²) < 4.78 is 0.971. The molecule has 1 aliphatic rings. The predicted octanol–water partition coefficient (Wildman–Crippen LogP) is 5.25. The summed E-state index contributed by atoms with van der Waals surface area (Å²) in [5.41, 5.74) is 3.52. The minimum absolute atomic E-state index is 0.0202. The highest BCUT2D eigenvalue weighted by Crippen LogP contribution is 2.26. The van der Waals surface area contributed by atoms with Crippen LogP contribution >= 0.6 is 11.3 Å². The van der Waals surface area contributed by atoms with Gasteiger partial charge >= 0.3 is 0 Å². The van der Waals surface area contributed by atoms with Crippen molar-refractivity contribution in [3.05, 3.63) is 71.3 Å². The summed E-state index contributed by atoms with van der Waals surface area (Å²) in [6.07, 6.45) is 3.78. The molecule has 2 amide bonds. The number of hydrogen-bond donors (Lipinski definition) is 3. The molecule has 38 heavy (non-hydrogen) atoms. The van der Waals surface area contributed by atoms with Gasteiger partial charge in [0.15, 0.2) is 5.13 Å². The third-order valence-electron chi connectivity index (χ3n) is 6.48. The van der Waals surface area contributed by atoms with E-state index in [1.165, 1.54) is 11.3 Å². The minimum Gasteiger partial charge on any atom is -0.337 e. The van der Waals surface area contributed by atoms with Crippen molar-refractivity contribution in [3.63, 3.8) is 0 Å². The number of carbonyl (C=O) groups excluding carboxylic acids is 2. The molecule has 1 unspecified atom stereocenters. The van der Waals surface area contributed by atoms with Crippen molar-refractivity contribution < 1.29 is 9.59 Å². The fraction of sp³-hybridized carbons (Fsp3) is 0.345. The molecule has 0 bridgehead atoms. The van der Waals surface area contributed by atoms with Crippen molar-refractivity contribution in [2.24, 2.45) is 4.99 Å². The molecule has 4 rings (SSSR count). The lowest BCUT2D eigenvalue weighted by Gasteiger charge is -2.20. The van der Waals surface area contributed by atoms with Crippen LogP contribution in [0.4, 0.5) is 5.13 Å². The van der Waals surface area contributed by atoms with E-state index in [0.717, 1.165) is 53.8 Å². The van der Waals surface area contributed by atoms with Gasteiger partial charge in [0.25, 0.3) is 11.8 Å². The highest BCUT2D eigenvalue weighted by atomic mass is 32.1. The van der Waals surface area contributed by atoms with Crippen LogP contribution in [0.5, 0.6) is 0 Å². The molecule has 1 aromatic heterocycles. The highest BCUT2D eigenvalue weighted by molar-refractivity contribution is 7.22. The SMILES string of the molecule is CCC(C)=CC(N=C(C(C)=N)C(=O)Nc1nc2ccccc2s1)c1ccc(C(=O)N2CCCNCC2)cc1. The van der Waals surface area contributed by atoms with Crippen molar-refractivity contribution in [1.82, 2.24) is 15.2 Å². The number of fused-ring (bicyclic) bond motifs is 1. The zero-order valence-electron chi connectivity index (χ0n) is 22.1. The maximum absolute atomic E-state index is 13.2. The first-order valence-electron chi connectivity index (χ1n) is 12.9. The zero-order valence-corrected chi connectivity index (χ0v) is 22.9. The van der Waals surface area contributed by atoms with Gasteiger partial charge in [-0.2, -0.15) is 0 Å². The maximum Gasteiger partial charge on any atom is 0.277 e. The van der Waals surface area contributed by atoms with Crippen molar-refractivity contribution in [3.8, 4) is 0 Å². The number of aliphatic imine (C=N–C) groups is 1. The molecule has 0 aliphatic carbocycles. The fourth-order valence-electron chi connectivity index (χ4n) is 4.20. The first-order valence-corrected chi connectivity index (χ1v) is 13.7. The van der Waals surface area contributed by atoms with E-state index in [2.05, 4.69) is 22.5 Å². The van der Waals surface area contributed by atoms with Crippen LogP contribution in [-0.4, -0.2) is 59.3 Å². The van der Waals surface area contributed by atoms with E-state index in [1.807, 2.05) is 66.4 Å². The highest BCUT2D eigenvalue weighted by Gasteiger charge is 2.21. The number of nitrogens with one attached hydrogen (secondary N) is 3. The largest absolute Gasteiger partial charge is 0.337 e.